The van der Waals surface area contributed by atoms with Crippen LogP contribution in [0, 0.1) is 0 Å². The molecule has 0 unspecified atom stereocenters. The molecule has 0 aliphatic rings. The maximum Gasteiger partial charge on any atom is 0.261 e. The molecule has 23 heavy (non-hydrogen) atoms. The maximum absolute atomic E-state index is 11.8. The number of hydrogen-bond donors (Lipinski definition) is 1. The van der Waals surface area contributed by atoms with E-state index in [4.69, 9.17) is 4.84 Å². The molecule has 4 heteroatoms. The first-order valence-electron chi connectivity index (χ1n) is 7.77. The molecule has 2 aromatic rings. The van der Waals surface area contributed by atoms with Gasteiger partial charge in [0.15, 0.2) is 6.61 Å². The number of nitrogens with zero attached hydrogens (tertiary/aromatic N) is 1. The van der Waals surface area contributed by atoms with Crippen LogP contribution in [0.15, 0.2) is 59.8 Å². The smallest absolute Gasteiger partial charge is 0.261 e. The van der Waals surface area contributed by atoms with Gasteiger partial charge in [-0.2, -0.15) is 0 Å². The van der Waals surface area contributed by atoms with E-state index in [9.17, 15) is 4.79 Å². The lowest BCUT2D eigenvalue weighted by Crippen LogP contribution is -2.29. The molecule has 0 heterocycles. The number of carbonyl (C=O) groups is 1. The van der Waals surface area contributed by atoms with Crippen molar-refractivity contribution in [2.75, 3.05) is 6.61 Å². The fraction of sp³-hybridized carbons (Fsp3) is 0.263. The molecule has 0 aliphatic heterocycles. The standard InChI is InChI=1S/C19H22N2O2/c1-3-16-9-11-17(12-10-16)13-20-23-14-19(22)21-15(2)18-7-5-4-6-8-18/h4-13,15H,3,14H2,1-2H3,(H,21,22)/b20-13-/t15-/m1/s1. The van der Waals surface area contributed by atoms with E-state index in [0.717, 1.165) is 17.5 Å². The second-order valence-electron chi connectivity index (χ2n) is 5.30. The minimum atomic E-state index is -0.195. The van der Waals surface area contributed by atoms with E-state index in [-0.39, 0.29) is 18.6 Å². The summed E-state index contributed by atoms with van der Waals surface area (Å²) >= 11 is 0. The Morgan fingerprint density at radius 2 is 1.87 bits per heavy atom. The summed E-state index contributed by atoms with van der Waals surface area (Å²) in [5.74, 6) is -0.195. The first-order valence-corrected chi connectivity index (χ1v) is 7.77. The Kier molecular flexibility index (Phi) is 6.36. The van der Waals surface area contributed by atoms with Crippen LogP contribution in [-0.4, -0.2) is 18.7 Å². The van der Waals surface area contributed by atoms with Gasteiger partial charge in [-0.1, -0.05) is 66.7 Å². The number of oxime groups is 1. The van der Waals surface area contributed by atoms with E-state index in [0.29, 0.717) is 0 Å². The third-order valence-electron chi connectivity index (χ3n) is 3.54. The van der Waals surface area contributed by atoms with Crippen LogP contribution >= 0.6 is 0 Å². The number of benzene rings is 2. The summed E-state index contributed by atoms with van der Waals surface area (Å²) in [6, 6.07) is 17.8. The van der Waals surface area contributed by atoms with E-state index < -0.39 is 0 Å². The molecule has 1 N–H and O–H groups in total. The summed E-state index contributed by atoms with van der Waals surface area (Å²) in [7, 11) is 0. The zero-order valence-corrected chi connectivity index (χ0v) is 13.5. The number of amides is 1. The zero-order chi connectivity index (χ0) is 16.5. The van der Waals surface area contributed by atoms with Crippen LogP contribution in [0.25, 0.3) is 0 Å². The molecular formula is C19H22N2O2. The van der Waals surface area contributed by atoms with Crippen LogP contribution in [0.2, 0.25) is 0 Å². The SMILES string of the molecule is CCc1ccc(/C=N\OCC(=O)N[C@H](C)c2ccccc2)cc1. The number of rotatable bonds is 7. The highest BCUT2D eigenvalue weighted by Gasteiger charge is 2.09. The van der Waals surface area contributed by atoms with Crippen LogP contribution in [-0.2, 0) is 16.1 Å². The first-order chi connectivity index (χ1) is 11.2. The fourth-order valence-corrected chi connectivity index (χ4v) is 2.14. The predicted octanol–water partition coefficient (Wildman–Crippen LogP) is 3.48. The van der Waals surface area contributed by atoms with E-state index in [2.05, 4.69) is 29.5 Å². The van der Waals surface area contributed by atoms with Crippen molar-refractivity contribution in [2.45, 2.75) is 26.3 Å². The lowest BCUT2D eigenvalue weighted by atomic mass is 10.1. The molecule has 0 fully saturated rings. The molecule has 4 nitrogen and oxygen atoms in total. The minimum Gasteiger partial charge on any atom is -0.386 e. The number of hydrogen-bond acceptors (Lipinski definition) is 3. The van der Waals surface area contributed by atoms with Crippen LogP contribution in [0.3, 0.4) is 0 Å². The van der Waals surface area contributed by atoms with Crippen molar-refractivity contribution in [2.24, 2.45) is 5.16 Å². The third-order valence-corrected chi connectivity index (χ3v) is 3.54. The molecule has 2 rings (SSSR count). The normalized spacial score (nSPS) is 12.1. The van der Waals surface area contributed by atoms with Crippen LogP contribution in [0.1, 0.15) is 36.6 Å². The van der Waals surface area contributed by atoms with Crippen molar-refractivity contribution in [3.05, 3.63) is 71.3 Å². The lowest BCUT2D eigenvalue weighted by molar-refractivity contribution is -0.126. The third kappa shape index (κ3) is 5.58. The van der Waals surface area contributed by atoms with Crippen molar-refractivity contribution in [1.29, 1.82) is 0 Å². The second-order valence-corrected chi connectivity index (χ2v) is 5.30. The summed E-state index contributed by atoms with van der Waals surface area (Å²) < 4.78 is 0. The molecule has 0 radical (unpaired) electrons. The molecule has 0 aliphatic carbocycles. The summed E-state index contributed by atoms with van der Waals surface area (Å²) in [4.78, 5) is 16.9. The van der Waals surface area contributed by atoms with Crippen LogP contribution < -0.4 is 5.32 Å². The molecule has 0 bridgehead atoms. The molecule has 2 aromatic carbocycles. The minimum absolute atomic E-state index is 0.0575. The Labute approximate surface area is 137 Å². The quantitative estimate of drug-likeness (QED) is 0.629. The highest BCUT2D eigenvalue weighted by Crippen LogP contribution is 2.10. The topological polar surface area (TPSA) is 50.7 Å². The fourth-order valence-electron chi connectivity index (χ4n) is 2.14. The number of carbonyl (C=O) groups excluding carboxylic acids is 1. The van der Waals surface area contributed by atoms with Gasteiger partial charge in [0.05, 0.1) is 12.3 Å². The molecule has 120 valence electrons. The highest BCUT2D eigenvalue weighted by molar-refractivity contribution is 5.80. The van der Waals surface area contributed by atoms with Crippen molar-refractivity contribution in [3.63, 3.8) is 0 Å². The van der Waals surface area contributed by atoms with Crippen LogP contribution in [0.4, 0.5) is 0 Å². The summed E-state index contributed by atoms with van der Waals surface area (Å²) in [5, 5.41) is 6.70. The van der Waals surface area contributed by atoms with Crippen molar-refractivity contribution >= 4 is 12.1 Å². The molecule has 0 saturated carbocycles. The Morgan fingerprint density at radius 3 is 2.52 bits per heavy atom. The van der Waals surface area contributed by atoms with Gasteiger partial charge < -0.3 is 10.2 Å². The van der Waals surface area contributed by atoms with Crippen molar-refractivity contribution in [1.82, 2.24) is 5.32 Å². The molecule has 0 aromatic heterocycles. The number of aryl methyl sites for hydroxylation is 1. The molecular weight excluding hydrogens is 288 g/mol. The van der Waals surface area contributed by atoms with Gasteiger partial charge in [-0.15, -0.1) is 0 Å². The van der Waals surface area contributed by atoms with Gasteiger partial charge >= 0.3 is 0 Å². The van der Waals surface area contributed by atoms with Crippen LogP contribution in [0.5, 0.6) is 0 Å². The second kappa shape index (κ2) is 8.73. The van der Waals surface area contributed by atoms with Gasteiger partial charge in [-0.3, -0.25) is 4.79 Å². The van der Waals surface area contributed by atoms with Gasteiger partial charge in [0, 0.05) is 0 Å². The predicted molar refractivity (Wildman–Crippen MR) is 92.4 cm³/mol. The lowest BCUT2D eigenvalue weighted by Gasteiger charge is -2.13. The van der Waals surface area contributed by atoms with Gasteiger partial charge in [0.1, 0.15) is 0 Å². The van der Waals surface area contributed by atoms with Crippen molar-refractivity contribution in [3.8, 4) is 0 Å². The summed E-state index contributed by atoms with van der Waals surface area (Å²) in [6.07, 6.45) is 2.61. The van der Waals surface area contributed by atoms with Gasteiger partial charge in [0.2, 0.25) is 0 Å². The average molecular weight is 310 g/mol. The monoisotopic (exact) mass is 310 g/mol. The van der Waals surface area contributed by atoms with Gasteiger partial charge in [-0.25, -0.2) is 0 Å². The Hall–Kier alpha value is -2.62. The first kappa shape index (κ1) is 16.7. The van der Waals surface area contributed by atoms with E-state index in [1.807, 2.05) is 49.4 Å². The number of nitrogens with one attached hydrogen (secondary N) is 1. The van der Waals surface area contributed by atoms with Crippen molar-refractivity contribution < 1.29 is 9.63 Å². The van der Waals surface area contributed by atoms with E-state index in [1.165, 1.54) is 5.56 Å². The Bertz CT molecular complexity index is 636. The molecule has 0 saturated heterocycles. The largest absolute Gasteiger partial charge is 0.386 e. The molecule has 1 atom stereocenters. The highest BCUT2D eigenvalue weighted by atomic mass is 16.6. The van der Waals surface area contributed by atoms with Gasteiger partial charge in [0.25, 0.3) is 5.91 Å². The Balaban J connectivity index is 1.74. The summed E-state index contributed by atoms with van der Waals surface area (Å²) in [5.41, 5.74) is 3.28. The molecule has 1 amide bonds. The molecule has 0 spiro atoms. The average Bonchev–Trinajstić information content (AvgIpc) is 2.60. The van der Waals surface area contributed by atoms with Gasteiger partial charge in [-0.05, 0) is 30.0 Å². The summed E-state index contributed by atoms with van der Waals surface area (Å²) in [6.45, 7) is 3.95. The zero-order valence-electron chi connectivity index (χ0n) is 13.5. The van der Waals surface area contributed by atoms with E-state index >= 15 is 0 Å². The Morgan fingerprint density at radius 1 is 1.17 bits per heavy atom. The van der Waals surface area contributed by atoms with E-state index in [1.54, 1.807) is 6.21 Å². The maximum atomic E-state index is 11.8.